The van der Waals surface area contributed by atoms with E-state index in [9.17, 15) is 4.79 Å². The van der Waals surface area contributed by atoms with Crippen LogP contribution in [0.4, 0.5) is 0 Å². The fraction of sp³-hybridized carbons (Fsp3) is 0.438. The summed E-state index contributed by atoms with van der Waals surface area (Å²) in [6.45, 7) is 0. The van der Waals surface area contributed by atoms with Crippen LogP contribution in [0.2, 0.25) is 0 Å². The van der Waals surface area contributed by atoms with Gasteiger partial charge in [-0.25, -0.2) is 4.79 Å². The van der Waals surface area contributed by atoms with Crippen molar-refractivity contribution in [2.45, 2.75) is 31.6 Å². The van der Waals surface area contributed by atoms with Crippen LogP contribution in [0.25, 0.3) is 11.0 Å². The molecule has 0 unspecified atom stereocenters. The van der Waals surface area contributed by atoms with Gasteiger partial charge in [0.1, 0.15) is 5.58 Å². The second-order valence-corrected chi connectivity index (χ2v) is 5.21. The lowest BCUT2D eigenvalue weighted by Crippen LogP contribution is -2.04. The van der Waals surface area contributed by atoms with Crippen LogP contribution in [-0.2, 0) is 0 Å². The first-order valence-corrected chi connectivity index (χ1v) is 6.92. The molecule has 0 radical (unpaired) electrons. The summed E-state index contributed by atoms with van der Waals surface area (Å²) in [7, 11) is 3.18. The van der Waals surface area contributed by atoms with E-state index >= 15 is 0 Å². The molecule has 0 bridgehead atoms. The monoisotopic (exact) mass is 274 g/mol. The van der Waals surface area contributed by atoms with Crippen molar-refractivity contribution in [1.29, 1.82) is 0 Å². The minimum absolute atomic E-state index is 0.299. The van der Waals surface area contributed by atoms with Crippen LogP contribution in [0.15, 0.2) is 27.4 Å². The molecular weight excluding hydrogens is 256 g/mol. The Bertz CT molecular complexity index is 681. The van der Waals surface area contributed by atoms with Crippen molar-refractivity contribution in [3.63, 3.8) is 0 Å². The van der Waals surface area contributed by atoms with Gasteiger partial charge < -0.3 is 13.9 Å². The molecule has 2 aromatic rings. The molecule has 1 saturated carbocycles. The highest BCUT2D eigenvalue weighted by Crippen LogP contribution is 2.40. The summed E-state index contributed by atoms with van der Waals surface area (Å²) in [5, 5.41) is 0.953. The number of benzene rings is 1. The van der Waals surface area contributed by atoms with Crippen LogP contribution >= 0.6 is 0 Å². The second kappa shape index (κ2) is 5.19. The zero-order chi connectivity index (χ0) is 14.1. The lowest BCUT2D eigenvalue weighted by atomic mass is 9.94. The molecule has 1 heterocycles. The fourth-order valence-electron chi connectivity index (χ4n) is 3.09. The Morgan fingerprint density at radius 3 is 2.35 bits per heavy atom. The summed E-state index contributed by atoms with van der Waals surface area (Å²) in [6.07, 6.45) is 4.71. The topological polar surface area (TPSA) is 48.7 Å². The van der Waals surface area contributed by atoms with E-state index in [1.165, 1.54) is 12.8 Å². The quantitative estimate of drug-likeness (QED) is 0.804. The van der Waals surface area contributed by atoms with Crippen LogP contribution in [0.3, 0.4) is 0 Å². The van der Waals surface area contributed by atoms with Crippen molar-refractivity contribution < 1.29 is 13.9 Å². The number of rotatable bonds is 3. The van der Waals surface area contributed by atoms with Gasteiger partial charge >= 0.3 is 5.63 Å². The van der Waals surface area contributed by atoms with E-state index in [0.29, 0.717) is 23.0 Å². The molecule has 0 spiro atoms. The maximum Gasteiger partial charge on any atom is 0.336 e. The normalized spacial score (nSPS) is 15.7. The molecule has 1 fully saturated rings. The largest absolute Gasteiger partial charge is 0.493 e. The Morgan fingerprint density at radius 1 is 1.05 bits per heavy atom. The van der Waals surface area contributed by atoms with Crippen molar-refractivity contribution in [2.75, 3.05) is 14.2 Å². The van der Waals surface area contributed by atoms with Crippen molar-refractivity contribution in [3.05, 3.63) is 34.2 Å². The molecule has 1 aromatic carbocycles. The first-order valence-electron chi connectivity index (χ1n) is 6.92. The highest BCUT2D eigenvalue weighted by molar-refractivity contribution is 5.84. The van der Waals surface area contributed by atoms with Gasteiger partial charge in [0, 0.05) is 17.5 Å². The molecule has 0 amide bonds. The molecule has 0 aliphatic heterocycles. The van der Waals surface area contributed by atoms with Gasteiger partial charge in [0.25, 0.3) is 0 Å². The summed E-state index contributed by atoms with van der Waals surface area (Å²) in [4.78, 5) is 11.8. The van der Waals surface area contributed by atoms with Crippen LogP contribution in [0, 0.1) is 0 Å². The lowest BCUT2D eigenvalue weighted by Gasteiger charge is -2.14. The van der Waals surface area contributed by atoms with Crippen molar-refractivity contribution in [2.24, 2.45) is 0 Å². The molecule has 4 nitrogen and oxygen atoms in total. The van der Waals surface area contributed by atoms with E-state index in [2.05, 4.69) is 0 Å². The fourth-order valence-corrected chi connectivity index (χ4v) is 3.09. The smallest absolute Gasteiger partial charge is 0.336 e. The van der Waals surface area contributed by atoms with Gasteiger partial charge in [0.05, 0.1) is 14.2 Å². The van der Waals surface area contributed by atoms with Crippen LogP contribution in [0.1, 0.15) is 37.2 Å². The van der Waals surface area contributed by atoms with E-state index < -0.39 is 0 Å². The Balaban J connectivity index is 2.25. The SMILES string of the molecule is COc1cc2oc(=O)cc(C3CCCC3)c2cc1OC. The van der Waals surface area contributed by atoms with Gasteiger partial charge in [-0.1, -0.05) is 12.8 Å². The molecule has 1 aliphatic carbocycles. The third-order valence-electron chi connectivity index (χ3n) is 4.08. The predicted molar refractivity (Wildman–Crippen MR) is 76.8 cm³/mol. The molecule has 0 saturated heterocycles. The lowest BCUT2D eigenvalue weighted by molar-refractivity contribution is 0.355. The third kappa shape index (κ3) is 2.15. The number of hydrogen-bond acceptors (Lipinski definition) is 4. The molecule has 106 valence electrons. The zero-order valence-corrected chi connectivity index (χ0v) is 11.8. The number of fused-ring (bicyclic) bond motifs is 1. The van der Waals surface area contributed by atoms with E-state index in [1.807, 2.05) is 6.07 Å². The third-order valence-corrected chi connectivity index (χ3v) is 4.08. The van der Waals surface area contributed by atoms with Crippen molar-refractivity contribution in [1.82, 2.24) is 0 Å². The Labute approximate surface area is 117 Å². The highest BCUT2D eigenvalue weighted by Gasteiger charge is 2.21. The average Bonchev–Trinajstić information content (AvgIpc) is 2.98. The van der Waals surface area contributed by atoms with E-state index in [1.54, 1.807) is 26.4 Å². The van der Waals surface area contributed by atoms with Gasteiger partial charge in [0.2, 0.25) is 0 Å². The Morgan fingerprint density at radius 2 is 1.70 bits per heavy atom. The van der Waals surface area contributed by atoms with Crippen LogP contribution < -0.4 is 15.1 Å². The summed E-state index contributed by atoms with van der Waals surface area (Å²) in [5.41, 5.74) is 1.35. The minimum atomic E-state index is -0.299. The summed E-state index contributed by atoms with van der Waals surface area (Å²) >= 11 is 0. The van der Waals surface area contributed by atoms with E-state index in [-0.39, 0.29) is 5.63 Å². The van der Waals surface area contributed by atoms with Crippen LogP contribution in [-0.4, -0.2) is 14.2 Å². The first-order chi connectivity index (χ1) is 9.72. The summed E-state index contributed by atoms with van der Waals surface area (Å²) in [5.74, 6) is 1.68. The van der Waals surface area contributed by atoms with Crippen LogP contribution in [0.5, 0.6) is 11.5 Å². The Kier molecular flexibility index (Phi) is 3.38. The molecular formula is C16H18O4. The van der Waals surface area contributed by atoms with Gasteiger partial charge in [-0.2, -0.15) is 0 Å². The maximum absolute atomic E-state index is 11.8. The average molecular weight is 274 g/mol. The van der Waals surface area contributed by atoms with E-state index in [0.717, 1.165) is 23.8 Å². The maximum atomic E-state index is 11.8. The molecule has 20 heavy (non-hydrogen) atoms. The van der Waals surface area contributed by atoms with Gasteiger partial charge in [0.15, 0.2) is 11.5 Å². The van der Waals surface area contributed by atoms with Crippen molar-refractivity contribution in [3.8, 4) is 11.5 Å². The summed E-state index contributed by atoms with van der Waals surface area (Å²) in [6, 6.07) is 5.27. The standard InChI is InChI=1S/C16H18O4/c1-18-14-7-12-11(10-5-3-4-6-10)8-16(17)20-13(12)9-15(14)19-2/h7-10H,3-6H2,1-2H3. The second-order valence-electron chi connectivity index (χ2n) is 5.21. The van der Waals surface area contributed by atoms with Gasteiger partial charge in [-0.15, -0.1) is 0 Å². The summed E-state index contributed by atoms with van der Waals surface area (Å²) < 4.78 is 15.9. The molecule has 1 aromatic heterocycles. The first kappa shape index (κ1) is 13.0. The number of methoxy groups -OCH3 is 2. The number of ether oxygens (including phenoxy) is 2. The van der Waals surface area contributed by atoms with E-state index in [4.69, 9.17) is 13.9 Å². The minimum Gasteiger partial charge on any atom is -0.493 e. The van der Waals surface area contributed by atoms with Gasteiger partial charge in [-0.05, 0) is 30.4 Å². The molecule has 3 rings (SSSR count). The van der Waals surface area contributed by atoms with Gasteiger partial charge in [-0.3, -0.25) is 0 Å². The molecule has 1 aliphatic rings. The molecule has 0 atom stereocenters. The zero-order valence-electron chi connectivity index (χ0n) is 11.8. The molecule has 0 N–H and O–H groups in total. The number of hydrogen-bond donors (Lipinski definition) is 0. The molecule has 4 heteroatoms. The predicted octanol–water partition coefficient (Wildman–Crippen LogP) is 3.47. The van der Waals surface area contributed by atoms with Crippen molar-refractivity contribution >= 4 is 11.0 Å². The highest BCUT2D eigenvalue weighted by atomic mass is 16.5. The Hall–Kier alpha value is -1.97.